The van der Waals surface area contributed by atoms with E-state index in [4.69, 9.17) is 16.3 Å². The van der Waals surface area contributed by atoms with E-state index in [1.165, 1.54) is 0 Å². The summed E-state index contributed by atoms with van der Waals surface area (Å²) in [5.74, 6) is 0.740. The van der Waals surface area contributed by atoms with Crippen molar-refractivity contribution >= 4 is 11.6 Å². The van der Waals surface area contributed by atoms with Crippen molar-refractivity contribution in [2.45, 2.75) is 18.9 Å². The molecule has 100 valence electrons. The molecule has 1 unspecified atom stereocenters. The number of aliphatic hydroxyl groups is 1. The number of benzene rings is 2. The summed E-state index contributed by atoms with van der Waals surface area (Å²) in [6, 6.07) is 15.0. The van der Waals surface area contributed by atoms with Crippen molar-refractivity contribution in [3.8, 4) is 5.75 Å². The Bertz CT molecular complexity index is 564. The molecule has 2 rings (SSSR count). The number of rotatable bonds is 4. The van der Waals surface area contributed by atoms with Crippen LogP contribution in [0.3, 0.4) is 0 Å². The van der Waals surface area contributed by atoms with Gasteiger partial charge in [-0.2, -0.15) is 0 Å². The fraction of sp³-hybridized carbons (Fsp3) is 0.250. The molecule has 0 saturated heterocycles. The molecule has 0 aliphatic heterocycles. The van der Waals surface area contributed by atoms with Gasteiger partial charge in [0, 0.05) is 11.4 Å². The van der Waals surface area contributed by atoms with Gasteiger partial charge in [-0.25, -0.2) is 0 Å². The maximum Gasteiger partial charge on any atom is 0.119 e. The third-order valence-electron chi connectivity index (χ3n) is 3.13. The minimum Gasteiger partial charge on any atom is -0.497 e. The smallest absolute Gasteiger partial charge is 0.119 e. The van der Waals surface area contributed by atoms with Gasteiger partial charge in [0.25, 0.3) is 0 Å². The first kappa shape index (κ1) is 13.9. The Morgan fingerprint density at radius 2 is 1.89 bits per heavy atom. The van der Waals surface area contributed by atoms with Gasteiger partial charge in [0.2, 0.25) is 0 Å². The Morgan fingerprint density at radius 1 is 1.16 bits per heavy atom. The SMILES string of the molecule is COc1cccc(C(C)(O)Cc2cccc(Cl)c2)c1. The largest absolute Gasteiger partial charge is 0.497 e. The van der Waals surface area contributed by atoms with Gasteiger partial charge in [-0.05, 0) is 42.3 Å². The van der Waals surface area contributed by atoms with Crippen LogP contribution in [0.5, 0.6) is 5.75 Å². The molecule has 0 radical (unpaired) electrons. The van der Waals surface area contributed by atoms with Gasteiger partial charge in [0.1, 0.15) is 5.75 Å². The number of hydrogen-bond donors (Lipinski definition) is 1. The summed E-state index contributed by atoms with van der Waals surface area (Å²) >= 11 is 5.97. The number of hydrogen-bond acceptors (Lipinski definition) is 2. The molecule has 0 spiro atoms. The summed E-state index contributed by atoms with van der Waals surface area (Å²) in [4.78, 5) is 0. The van der Waals surface area contributed by atoms with Crippen molar-refractivity contribution in [2.24, 2.45) is 0 Å². The zero-order valence-electron chi connectivity index (χ0n) is 11.1. The minimum absolute atomic E-state index is 0.501. The number of methoxy groups -OCH3 is 1. The van der Waals surface area contributed by atoms with E-state index in [0.29, 0.717) is 11.4 Å². The molecule has 19 heavy (non-hydrogen) atoms. The summed E-state index contributed by atoms with van der Waals surface area (Å²) in [7, 11) is 1.62. The molecule has 0 aromatic heterocycles. The Balaban J connectivity index is 2.26. The molecule has 0 heterocycles. The number of halogens is 1. The molecular weight excluding hydrogens is 260 g/mol. The lowest BCUT2D eigenvalue weighted by Crippen LogP contribution is -2.24. The van der Waals surface area contributed by atoms with Crippen LogP contribution in [0.25, 0.3) is 0 Å². The zero-order chi connectivity index (χ0) is 13.9. The predicted molar refractivity (Wildman–Crippen MR) is 77.7 cm³/mol. The second kappa shape index (κ2) is 5.64. The van der Waals surface area contributed by atoms with Gasteiger partial charge in [0.15, 0.2) is 0 Å². The monoisotopic (exact) mass is 276 g/mol. The second-order valence-electron chi connectivity index (χ2n) is 4.81. The van der Waals surface area contributed by atoms with Crippen LogP contribution in [-0.4, -0.2) is 12.2 Å². The van der Waals surface area contributed by atoms with E-state index < -0.39 is 5.60 Å². The molecule has 0 amide bonds. The molecule has 0 saturated carbocycles. The molecule has 1 N–H and O–H groups in total. The van der Waals surface area contributed by atoms with Crippen molar-refractivity contribution < 1.29 is 9.84 Å². The van der Waals surface area contributed by atoms with Crippen molar-refractivity contribution in [2.75, 3.05) is 7.11 Å². The van der Waals surface area contributed by atoms with Gasteiger partial charge < -0.3 is 9.84 Å². The van der Waals surface area contributed by atoms with Crippen molar-refractivity contribution in [1.29, 1.82) is 0 Å². The second-order valence-corrected chi connectivity index (χ2v) is 5.25. The zero-order valence-corrected chi connectivity index (χ0v) is 11.8. The topological polar surface area (TPSA) is 29.5 Å². The molecule has 0 aliphatic rings. The van der Waals surface area contributed by atoms with Gasteiger partial charge in [0.05, 0.1) is 12.7 Å². The van der Waals surface area contributed by atoms with Crippen LogP contribution in [0.4, 0.5) is 0 Å². The van der Waals surface area contributed by atoms with Crippen LogP contribution in [0.15, 0.2) is 48.5 Å². The van der Waals surface area contributed by atoms with Crippen LogP contribution in [0.2, 0.25) is 5.02 Å². The Labute approximate surface area is 118 Å². The van der Waals surface area contributed by atoms with E-state index in [9.17, 15) is 5.11 Å². The minimum atomic E-state index is -0.959. The van der Waals surface area contributed by atoms with E-state index in [2.05, 4.69) is 0 Å². The molecule has 3 heteroatoms. The van der Waals surface area contributed by atoms with Crippen LogP contribution in [0.1, 0.15) is 18.1 Å². The van der Waals surface area contributed by atoms with Crippen LogP contribution >= 0.6 is 11.6 Å². The molecule has 0 aliphatic carbocycles. The van der Waals surface area contributed by atoms with E-state index in [1.54, 1.807) is 14.0 Å². The molecule has 1 atom stereocenters. The molecule has 0 fully saturated rings. The fourth-order valence-corrected chi connectivity index (χ4v) is 2.32. The maximum atomic E-state index is 10.7. The van der Waals surface area contributed by atoms with Crippen molar-refractivity contribution in [1.82, 2.24) is 0 Å². The first-order chi connectivity index (χ1) is 9.01. The lowest BCUT2D eigenvalue weighted by Gasteiger charge is -2.24. The third-order valence-corrected chi connectivity index (χ3v) is 3.36. The van der Waals surface area contributed by atoms with E-state index in [1.807, 2.05) is 48.5 Å². The van der Waals surface area contributed by atoms with E-state index in [0.717, 1.165) is 16.9 Å². The third kappa shape index (κ3) is 3.49. The highest BCUT2D eigenvalue weighted by atomic mass is 35.5. The molecule has 0 bridgehead atoms. The predicted octanol–water partition coefficient (Wildman–Crippen LogP) is 3.80. The van der Waals surface area contributed by atoms with Gasteiger partial charge in [-0.15, -0.1) is 0 Å². The Hall–Kier alpha value is -1.51. The standard InChI is InChI=1S/C16H17ClO2/c1-16(18,11-12-5-3-7-14(17)9-12)13-6-4-8-15(10-13)19-2/h3-10,18H,11H2,1-2H3. The highest BCUT2D eigenvalue weighted by molar-refractivity contribution is 6.30. The first-order valence-corrected chi connectivity index (χ1v) is 6.50. The lowest BCUT2D eigenvalue weighted by atomic mass is 9.89. The summed E-state index contributed by atoms with van der Waals surface area (Å²) in [5, 5.41) is 11.3. The molecule has 2 aromatic carbocycles. The Kier molecular flexibility index (Phi) is 4.13. The van der Waals surface area contributed by atoms with Crippen LogP contribution in [-0.2, 0) is 12.0 Å². The fourth-order valence-electron chi connectivity index (χ4n) is 2.10. The van der Waals surface area contributed by atoms with E-state index in [-0.39, 0.29) is 0 Å². The van der Waals surface area contributed by atoms with Gasteiger partial charge >= 0.3 is 0 Å². The highest BCUT2D eigenvalue weighted by Crippen LogP contribution is 2.28. The maximum absolute atomic E-state index is 10.7. The quantitative estimate of drug-likeness (QED) is 0.920. The van der Waals surface area contributed by atoms with Gasteiger partial charge in [-0.1, -0.05) is 35.9 Å². The number of ether oxygens (including phenoxy) is 1. The summed E-state index contributed by atoms with van der Waals surface area (Å²) < 4.78 is 5.19. The lowest BCUT2D eigenvalue weighted by molar-refractivity contribution is 0.0574. The van der Waals surface area contributed by atoms with Crippen LogP contribution in [0, 0.1) is 0 Å². The van der Waals surface area contributed by atoms with Crippen molar-refractivity contribution in [3.05, 3.63) is 64.7 Å². The van der Waals surface area contributed by atoms with Gasteiger partial charge in [-0.3, -0.25) is 0 Å². The van der Waals surface area contributed by atoms with E-state index >= 15 is 0 Å². The summed E-state index contributed by atoms with van der Waals surface area (Å²) in [5.41, 5.74) is 0.867. The Morgan fingerprint density at radius 3 is 2.58 bits per heavy atom. The summed E-state index contributed by atoms with van der Waals surface area (Å²) in [6.45, 7) is 1.79. The average Bonchev–Trinajstić information content (AvgIpc) is 2.38. The average molecular weight is 277 g/mol. The summed E-state index contributed by atoms with van der Waals surface area (Å²) in [6.07, 6.45) is 0.501. The highest BCUT2D eigenvalue weighted by Gasteiger charge is 2.24. The first-order valence-electron chi connectivity index (χ1n) is 6.12. The van der Waals surface area contributed by atoms with Crippen LogP contribution < -0.4 is 4.74 Å². The normalized spacial score (nSPS) is 13.9. The molecule has 2 aromatic rings. The molecule has 2 nitrogen and oxygen atoms in total. The molecular formula is C16H17ClO2. The van der Waals surface area contributed by atoms with Crippen molar-refractivity contribution in [3.63, 3.8) is 0 Å².